The molecule has 0 aromatic heterocycles. The highest BCUT2D eigenvalue weighted by atomic mass is 16.5. The molecule has 1 unspecified atom stereocenters. The summed E-state index contributed by atoms with van der Waals surface area (Å²) >= 11 is 0. The Labute approximate surface area is 115 Å². The van der Waals surface area contributed by atoms with E-state index < -0.39 is 5.60 Å². The summed E-state index contributed by atoms with van der Waals surface area (Å²) in [6, 6.07) is -0.198. The molecule has 1 amide bonds. The van der Waals surface area contributed by atoms with Gasteiger partial charge in [0.15, 0.2) is 0 Å². The second kappa shape index (κ2) is 6.20. The molecule has 1 aliphatic carbocycles. The highest BCUT2D eigenvalue weighted by Gasteiger charge is 2.32. The number of carbonyl (C=O) groups excluding carboxylic acids is 1. The first-order chi connectivity index (χ1) is 8.96. The molecule has 1 heterocycles. The van der Waals surface area contributed by atoms with E-state index in [2.05, 4.69) is 10.2 Å². The number of hydrogen-bond donors (Lipinski definition) is 2. The van der Waals surface area contributed by atoms with Crippen molar-refractivity contribution in [2.45, 2.75) is 44.8 Å². The van der Waals surface area contributed by atoms with Crippen molar-refractivity contribution >= 4 is 5.91 Å². The molecule has 5 heteroatoms. The topological polar surface area (TPSA) is 61.8 Å². The van der Waals surface area contributed by atoms with Crippen molar-refractivity contribution in [2.75, 3.05) is 32.8 Å². The highest BCUT2D eigenvalue weighted by Crippen LogP contribution is 2.28. The number of amides is 1. The van der Waals surface area contributed by atoms with Crippen molar-refractivity contribution < 1.29 is 14.6 Å². The molecule has 110 valence electrons. The van der Waals surface area contributed by atoms with E-state index in [1.54, 1.807) is 13.8 Å². The van der Waals surface area contributed by atoms with Crippen LogP contribution in [0.2, 0.25) is 0 Å². The van der Waals surface area contributed by atoms with Gasteiger partial charge in [0, 0.05) is 19.6 Å². The fraction of sp³-hybridized carbons (Fsp3) is 0.929. The van der Waals surface area contributed by atoms with Crippen LogP contribution in [0.5, 0.6) is 0 Å². The van der Waals surface area contributed by atoms with Crippen LogP contribution >= 0.6 is 0 Å². The van der Waals surface area contributed by atoms with Crippen molar-refractivity contribution in [3.05, 3.63) is 0 Å². The smallest absolute Gasteiger partial charge is 0.239 e. The van der Waals surface area contributed by atoms with Crippen LogP contribution in [0.25, 0.3) is 0 Å². The standard InChI is InChI=1S/C14H26N2O3/c1-14(2,18)10-15-13(17)12-9-19-7-6-16(12)8-11-4-3-5-11/h11-12,18H,3-10H2,1-2H3,(H,15,17). The molecular formula is C14H26N2O3. The fourth-order valence-corrected chi connectivity index (χ4v) is 2.53. The molecule has 0 spiro atoms. The maximum Gasteiger partial charge on any atom is 0.239 e. The summed E-state index contributed by atoms with van der Waals surface area (Å²) < 4.78 is 5.43. The van der Waals surface area contributed by atoms with Crippen LogP contribution in [0.1, 0.15) is 33.1 Å². The van der Waals surface area contributed by atoms with Crippen LogP contribution in [0.4, 0.5) is 0 Å². The minimum absolute atomic E-state index is 0.0267. The number of morpholine rings is 1. The molecule has 5 nitrogen and oxygen atoms in total. The van der Waals surface area contributed by atoms with Crippen LogP contribution in [0, 0.1) is 5.92 Å². The third-order valence-electron chi connectivity index (χ3n) is 3.95. The van der Waals surface area contributed by atoms with Gasteiger partial charge in [-0.1, -0.05) is 6.42 Å². The monoisotopic (exact) mass is 270 g/mol. The van der Waals surface area contributed by atoms with Crippen LogP contribution in [0.3, 0.4) is 0 Å². The fourth-order valence-electron chi connectivity index (χ4n) is 2.53. The predicted octanol–water partition coefficient (Wildman–Crippen LogP) is 0.374. The van der Waals surface area contributed by atoms with Crippen molar-refractivity contribution in [2.24, 2.45) is 5.92 Å². The minimum Gasteiger partial charge on any atom is -0.389 e. The Bertz CT molecular complexity index is 310. The molecule has 2 aliphatic rings. The van der Waals surface area contributed by atoms with E-state index >= 15 is 0 Å². The van der Waals surface area contributed by atoms with Gasteiger partial charge in [-0.15, -0.1) is 0 Å². The van der Waals surface area contributed by atoms with Crippen molar-refractivity contribution in [1.82, 2.24) is 10.2 Å². The lowest BCUT2D eigenvalue weighted by Gasteiger charge is -2.39. The zero-order chi connectivity index (χ0) is 13.9. The molecule has 0 radical (unpaired) electrons. The van der Waals surface area contributed by atoms with Crippen molar-refractivity contribution in [3.8, 4) is 0 Å². The number of aliphatic hydroxyl groups is 1. The normalized spacial score (nSPS) is 25.9. The largest absolute Gasteiger partial charge is 0.389 e. The Morgan fingerprint density at radius 2 is 2.21 bits per heavy atom. The van der Waals surface area contributed by atoms with Gasteiger partial charge in [-0.2, -0.15) is 0 Å². The number of hydrogen-bond acceptors (Lipinski definition) is 4. The van der Waals surface area contributed by atoms with Gasteiger partial charge in [0.25, 0.3) is 0 Å². The Hall–Kier alpha value is -0.650. The third kappa shape index (κ3) is 4.44. The second-order valence-electron chi connectivity index (χ2n) is 6.41. The summed E-state index contributed by atoms with van der Waals surface area (Å²) in [6.07, 6.45) is 3.90. The second-order valence-corrected chi connectivity index (χ2v) is 6.41. The van der Waals surface area contributed by atoms with E-state index in [9.17, 15) is 9.90 Å². The predicted molar refractivity (Wildman–Crippen MR) is 72.8 cm³/mol. The molecular weight excluding hydrogens is 244 g/mol. The first kappa shape index (κ1) is 14.8. The first-order valence-corrected chi connectivity index (χ1v) is 7.27. The van der Waals surface area contributed by atoms with E-state index in [-0.39, 0.29) is 18.5 Å². The molecule has 1 atom stereocenters. The summed E-state index contributed by atoms with van der Waals surface area (Å²) in [7, 11) is 0. The van der Waals surface area contributed by atoms with Gasteiger partial charge in [-0.05, 0) is 32.6 Å². The molecule has 1 saturated heterocycles. The number of carbonyl (C=O) groups is 1. The van der Waals surface area contributed by atoms with E-state index in [1.165, 1.54) is 19.3 Å². The summed E-state index contributed by atoms with van der Waals surface area (Å²) in [5.41, 5.74) is -0.871. The number of rotatable bonds is 5. The quantitative estimate of drug-likeness (QED) is 0.758. The third-order valence-corrected chi connectivity index (χ3v) is 3.95. The van der Waals surface area contributed by atoms with Gasteiger partial charge in [0.2, 0.25) is 5.91 Å². The van der Waals surface area contributed by atoms with Gasteiger partial charge in [-0.3, -0.25) is 9.69 Å². The highest BCUT2D eigenvalue weighted by molar-refractivity contribution is 5.82. The van der Waals surface area contributed by atoms with Crippen LogP contribution in [-0.4, -0.2) is 60.4 Å². The molecule has 2 rings (SSSR count). The summed E-state index contributed by atoms with van der Waals surface area (Å²) in [6.45, 7) is 6.67. The number of nitrogens with zero attached hydrogens (tertiary/aromatic N) is 1. The Morgan fingerprint density at radius 1 is 1.47 bits per heavy atom. The lowest BCUT2D eigenvalue weighted by molar-refractivity contribution is -0.134. The summed E-state index contributed by atoms with van der Waals surface area (Å²) in [5, 5.41) is 12.5. The molecule has 0 bridgehead atoms. The van der Waals surface area contributed by atoms with E-state index in [1.807, 2.05) is 0 Å². The van der Waals surface area contributed by atoms with Crippen molar-refractivity contribution in [1.29, 1.82) is 0 Å². The molecule has 0 aromatic carbocycles. The molecule has 1 saturated carbocycles. The maximum absolute atomic E-state index is 12.2. The van der Waals surface area contributed by atoms with Gasteiger partial charge < -0.3 is 15.2 Å². The Morgan fingerprint density at radius 3 is 2.79 bits per heavy atom. The van der Waals surface area contributed by atoms with Crippen LogP contribution in [-0.2, 0) is 9.53 Å². The zero-order valence-electron chi connectivity index (χ0n) is 12.0. The van der Waals surface area contributed by atoms with Gasteiger partial charge in [-0.25, -0.2) is 0 Å². The molecule has 1 aliphatic heterocycles. The lowest BCUT2D eigenvalue weighted by Crippen LogP contribution is -2.56. The average molecular weight is 270 g/mol. The zero-order valence-corrected chi connectivity index (χ0v) is 12.0. The van der Waals surface area contributed by atoms with Gasteiger partial charge in [0.1, 0.15) is 6.04 Å². The van der Waals surface area contributed by atoms with E-state index in [0.717, 1.165) is 19.0 Å². The first-order valence-electron chi connectivity index (χ1n) is 7.27. The molecule has 2 N–H and O–H groups in total. The van der Waals surface area contributed by atoms with E-state index in [0.29, 0.717) is 13.2 Å². The maximum atomic E-state index is 12.2. The number of ether oxygens (including phenoxy) is 1. The van der Waals surface area contributed by atoms with Gasteiger partial charge >= 0.3 is 0 Å². The van der Waals surface area contributed by atoms with E-state index in [4.69, 9.17) is 4.74 Å². The molecule has 0 aromatic rings. The van der Waals surface area contributed by atoms with Gasteiger partial charge in [0.05, 0.1) is 18.8 Å². The molecule has 19 heavy (non-hydrogen) atoms. The number of nitrogens with one attached hydrogen (secondary N) is 1. The van der Waals surface area contributed by atoms with Crippen LogP contribution < -0.4 is 5.32 Å². The van der Waals surface area contributed by atoms with Crippen molar-refractivity contribution in [3.63, 3.8) is 0 Å². The Balaban J connectivity index is 1.84. The summed E-state index contributed by atoms with van der Waals surface area (Å²) in [5.74, 6) is 0.726. The minimum atomic E-state index is -0.871. The Kier molecular flexibility index (Phi) is 4.81. The molecule has 2 fully saturated rings. The lowest BCUT2D eigenvalue weighted by atomic mass is 9.84. The van der Waals surface area contributed by atoms with Crippen LogP contribution in [0.15, 0.2) is 0 Å². The summed E-state index contributed by atoms with van der Waals surface area (Å²) in [4.78, 5) is 14.4. The SMILES string of the molecule is CC(C)(O)CNC(=O)C1COCCN1CC1CCC1. The average Bonchev–Trinajstić information content (AvgIpc) is 2.30.